The van der Waals surface area contributed by atoms with Crippen molar-refractivity contribution >= 4 is 32.6 Å². The van der Waals surface area contributed by atoms with Gasteiger partial charge < -0.3 is 5.32 Å². The lowest BCUT2D eigenvalue weighted by Crippen LogP contribution is -2.37. The van der Waals surface area contributed by atoms with Crippen molar-refractivity contribution in [2.45, 2.75) is 17.7 Å². The molecule has 0 saturated carbocycles. The van der Waals surface area contributed by atoms with Crippen LogP contribution in [0.4, 0.5) is 0 Å². The Hall–Kier alpha value is -0.180. The SMILES string of the molecule is CN(CC1CCNCC1)S(=O)(=O)c1ccc(I)cc1. The van der Waals surface area contributed by atoms with Crippen LogP contribution in [0, 0.1) is 9.49 Å². The molecule has 4 nitrogen and oxygen atoms in total. The minimum Gasteiger partial charge on any atom is -0.317 e. The average molecular weight is 394 g/mol. The Morgan fingerprint density at radius 1 is 1.26 bits per heavy atom. The molecule has 1 N–H and O–H groups in total. The maximum atomic E-state index is 12.4. The normalized spacial score (nSPS) is 17.8. The fraction of sp³-hybridized carbons (Fsp3) is 0.538. The molecule has 1 saturated heterocycles. The summed E-state index contributed by atoms with van der Waals surface area (Å²) in [4.78, 5) is 0.379. The molecule has 0 radical (unpaired) electrons. The van der Waals surface area contributed by atoms with E-state index in [2.05, 4.69) is 27.9 Å². The zero-order chi connectivity index (χ0) is 13.9. The van der Waals surface area contributed by atoms with Gasteiger partial charge in [-0.2, -0.15) is 0 Å². The Bertz CT molecular complexity index is 510. The van der Waals surface area contributed by atoms with E-state index in [4.69, 9.17) is 0 Å². The molecule has 1 fully saturated rings. The van der Waals surface area contributed by atoms with Crippen LogP contribution in [0.25, 0.3) is 0 Å². The van der Waals surface area contributed by atoms with Crippen molar-refractivity contribution in [3.63, 3.8) is 0 Å². The molecule has 1 aromatic rings. The van der Waals surface area contributed by atoms with E-state index in [1.807, 2.05) is 12.1 Å². The molecule has 6 heteroatoms. The van der Waals surface area contributed by atoms with Crippen LogP contribution in [-0.4, -0.2) is 39.4 Å². The first-order chi connectivity index (χ1) is 9.00. The predicted octanol–water partition coefficient (Wildman–Crippen LogP) is 1.91. The molecule has 2 rings (SSSR count). The van der Waals surface area contributed by atoms with Gasteiger partial charge in [0, 0.05) is 17.2 Å². The fourth-order valence-electron chi connectivity index (χ4n) is 2.31. The minimum absolute atomic E-state index is 0.379. The average Bonchev–Trinajstić information content (AvgIpc) is 2.40. The highest BCUT2D eigenvalue weighted by Gasteiger charge is 2.24. The Kier molecular flexibility index (Phi) is 5.22. The summed E-state index contributed by atoms with van der Waals surface area (Å²) in [7, 11) is -1.67. The van der Waals surface area contributed by atoms with Crippen LogP contribution in [0.5, 0.6) is 0 Å². The molecule has 0 unspecified atom stereocenters. The third kappa shape index (κ3) is 3.90. The van der Waals surface area contributed by atoms with E-state index in [0.29, 0.717) is 17.4 Å². The number of piperidine rings is 1. The number of nitrogens with one attached hydrogen (secondary N) is 1. The number of halogens is 1. The Morgan fingerprint density at radius 3 is 2.42 bits per heavy atom. The van der Waals surface area contributed by atoms with Crippen molar-refractivity contribution in [1.29, 1.82) is 0 Å². The van der Waals surface area contributed by atoms with Crippen LogP contribution in [-0.2, 0) is 10.0 Å². The van der Waals surface area contributed by atoms with Gasteiger partial charge in [0.05, 0.1) is 4.90 Å². The van der Waals surface area contributed by atoms with Gasteiger partial charge in [0.2, 0.25) is 10.0 Å². The molecule has 0 aliphatic carbocycles. The van der Waals surface area contributed by atoms with E-state index in [1.165, 1.54) is 4.31 Å². The van der Waals surface area contributed by atoms with Crippen molar-refractivity contribution in [3.8, 4) is 0 Å². The van der Waals surface area contributed by atoms with Crippen LogP contribution < -0.4 is 5.32 Å². The van der Waals surface area contributed by atoms with Crippen LogP contribution in [0.3, 0.4) is 0 Å². The summed E-state index contributed by atoms with van der Waals surface area (Å²) in [5, 5.41) is 3.30. The number of rotatable bonds is 4. The molecule has 0 bridgehead atoms. The van der Waals surface area contributed by atoms with E-state index in [-0.39, 0.29) is 0 Å². The molecule has 0 amide bonds. The molecule has 19 heavy (non-hydrogen) atoms. The summed E-state index contributed by atoms with van der Waals surface area (Å²) in [6.07, 6.45) is 2.10. The molecule has 0 aromatic heterocycles. The number of sulfonamides is 1. The van der Waals surface area contributed by atoms with E-state index in [1.54, 1.807) is 19.2 Å². The lowest BCUT2D eigenvalue weighted by atomic mass is 9.98. The highest BCUT2D eigenvalue weighted by Crippen LogP contribution is 2.20. The molecule has 0 atom stereocenters. The largest absolute Gasteiger partial charge is 0.317 e. The van der Waals surface area contributed by atoms with Gasteiger partial charge in [-0.1, -0.05) is 0 Å². The maximum Gasteiger partial charge on any atom is 0.242 e. The Labute approximate surface area is 128 Å². The monoisotopic (exact) mass is 394 g/mol. The predicted molar refractivity (Wildman–Crippen MR) is 84.6 cm³/mol. The van der Waals surface area contributed by atoms with Crippen LogP contribution in [0.15, 0.2) is 29.2 Å². The van der Waals surface area contributed by atoms with Gasteiger partial charge >= 0.3 is 0 Å². The number of hydrogen-bond acceptors (Lipinski definition) is 3. The molecule has 0 spiro atoms. The van der Waals surface area contributed by atoms with Gasteiger partial charge in [0.15, 0.2) is 0 Å². The third-order valence-corrected chi connectivity index (χ3v) is 6.05. The smallest absolute Gasteiger partial charge is 0.242 e. The molecular weight excluding hydrogens is 375 g/mol. The summed E-state index contributed by atoms with van der Waals surface area (Å²) < 4.78 is 27.4. The standard InChI is InChI=1S/C13H19IN2O2S/c1-16(10-11-6-8-15-9-7-11)19(17,18)13-4-2-12(14)3-5-13/h2-5,11,15H,6-10H2,1H3. The lowest BCUT2D eigenvalue weighted by Gasteiger charge is -2.27. The van der Waals surface area contributed by atoms with Crippen molar-refractivity contribution in [1.82, 2.24) is 9.62 Å². The van der Waals surface area contributed by atoms with Crippen molar-refractivity contribution in [3.05, 3.63) is 27.8 Å². The topological polar surface area (TPSA) is 49.4 Å². The maximum absolute atomic E-state index is 12.4. The van der Waals surface area contributed by atoms with Crippen LogP contribution in [0.2, 0.25) is 0 Å². The zero-order valence-corrected chi connectivity index (χ0v) is 13.9. The number of nitrogens with zero attached hydrogens (tertiary/aromatic N) is 1. The summed E-state index contributed by atoms with van der Waals surface area (Å²) in [6.45, 7) is 2.58. The second-order valence-corrected chi connectivity index (χ2v) is 8.22. The number of benzene rings is 1. The molecule has 1 aliphatic rings. The summed E-state index contributed by atoms with van der Waals surface area (Å²) in [5.74, 6) is 0.463. The van der Waals surface area contributed by atoms with Crippen LogP contribution in [0.1, 0.15) is 12.8 Å². The van der Waals surface area contributed by atoms with Crippen molar-refractivity contribution in [2.75, 3.05) is 26.7 Å². The van der Waals surface area contributed by atoms with Gasteiger partial charge in [-0.15, -0.1) is 0 Å². The Balaban J connectivity index is 2.07. The molecular formula is C13H19IN2O2S. The van der Waals surface area contributed by atoms with Gasteiger partial charge in [-0.05, 0) is 78.7 Å². The van der Waals surface area contributed by atoms with E-state index >= 15 is 0 Å². The second kappa shape index (κ2) is 6.51. The zero-order valence-electron chi connectivity index (χ0n) is 11.0. The molecule has 1 aliphatic heterocycles. The molecule has 1 heterocycles. The highest BCUT2D eigenvalue weighted by molar-refractivity contribution is 14.1. The first kappa shape index (κ1) is 15.2. The van der Waals surface area contributed by atoms with E-state index in [0.717, 1.165) is 29.5 Å². The summed E-state index contributed by atoms with van der Waals surface area (Å²) in [5.41, 5.74) is 0. The highest BCUT2D eigenvalue weighted by atomic mass is 127. The molecule has 1 aromatic carbocycles. The van der Waals surface area contributed by atoms with E-state index in [9.17, 15) is 8.42 Å². The Morgan fingerprint density at radius 2 is 1.84 bits per heavy atom. The summed E-state index contributed by atoms with van der Waals surface area (Å²) >= 11 is 2.17. The van der Waals surface area contributed by atoms with Gasteiger partial charge in [-0.3, -0.25) is 0 Å². The van der Waals surface area contributed by atoms with Crippen molar-refractivity contribution in [2.24, 2.45) is 5.92 Å². The fourth-order valence-corrected chi connectivity index (χ4v) is 3.92. The molecule has 106 valence electrons. The van der Waals surface area contributed by atoms with Crippen LogP contribution >= 0.6 is 22.6 Å². The summed E-state index contributed by atoms with van der Waals surface area (Å²) in [6, 6.07) is 7.00. The van der Waals surface area contributed by atoms with Gasteiger partial charge in [-0.25, -0.2) is 12.7 Å². The number of hydrogen-bond donors (Lipinski definition) is 1. The quantitative estimate of drug-likeness (QED) is 0.794. The first-order valence-corrected chi connectivity index (χ1v) is 8.94. The van der Waals surface area contributed by atoms with E-state index < -0.39 is 10.0 Å². The third-order valence-electron chi connectivity index (χ3n) is 3.50. The minimum atomic E-state index is -3.35. The van der Waals surface area contributed by atoms with Crippen molar-refractivity contribution < 1.29 is 8.42 Å². The van der Waals surface area contributed by atoms with Gasteiger partial charge in [0.25, 0.3) is 0 Å². The van der Waals surface area contributed by atoms with Gasteiger partial charge in [0.1, 0.15) is 0 Å². The second-order valence-electron chi connectivity index (χ2n) is 4.93. The first-order valence-electron chi connectivity index (χ1n) is 6.43. The lowest BCUT2D eigenvalue weighted by molar-refractivity contribution is 0.311.